The molecule has 0 radical (unpaired) electrons. The van der Waals surface area contributed by atoms with Crippen molar-refractivity contribution in [2.24, 2.45) is 5.41 Å². The van der Waals surface area contributed by atoms with Gasteiger partial charge in [-0.15, -0.1) is 0 Å². The lowest BCUT2D eigenvalue weighted by atomic mass is 9.89. The molecule has 9 heavy (non-hydrogen) atoms. The Morgan fingerprint density at radius 2 is 2.44 bits per heavy atom. The lowest BCUT2D eigenvalue weighted by molar-refractivity contribution is 0.103. The largest absolute Gasteiger partial charge is 0.391 e. The summed E-state index contributed by atoms with van der Waals surface area (Å²) in [5.74, 6) is 0. The van der Waals surface area contributed by atoms with Gasteiger partial charge in [0.2, 0.25) is 0 Å². The molecule has 1 N–H and O–H groups in total. The molecule has 1 saturated carbocycles. The molecular weight excluding hydrogens is 114 g/mol. The summed E-state index contributed by atoms with van der Waals surface area (Å²) in [6, 6.07) is 2.14. The molecular formula is C7H11NO. The maximum atomic E-state index is 9.23. The van der Waals surface area contributed by atoms with Crippen molar-refractivity contribution in [3.8, 4) is 6.07 Å². The minimum atomic E-state index is -0.444. The van der Waals surface area contributed by atoms with Crippen LogP contribution in [0.4, 0.5) is 0 Å². The summed E-state index contributed by atoms with van der Waals surface area (Å²) >= 11 is 0. The van der Waals surface area contributed by atoms with Crippen LogP contribution in [0.5, 0.6) is 0 Å². The second-order valence-electron chi connectivity index (χ2n) is 2.94. The molecule has 0 aliphatic heterocycles. The fourth-order valence-electron chi connectivity index (χ4n) is 1.28. The van der Waals surface area contributed by atoms with Crippen LogP contribution in [0, 0.1) is 16.7 Å². The third-order valence-electron chi connectivity index (χ3n) is 2.16. The maximum absolute atomic E-state index is 9.23. The minimum Gasteiger partial charge on any atom is -0.391 e. The molecule has 1 rings (SSSR count). The van der Waals surface area contributed by atoms with Gasteiger partial charge in [-0.1, -0.05) is 0 Å². The number of hydrogen-bond acceptors (Lipinski definition) is 2. The minimum absolute atomic E-state index is 0.387. The molecule has 50 valence electrons. The number of nitrogens with zero attached hydrogens (tertiary/aromatic N) is 1. The zero-order chi connectivity index (χ0) is 6.91. The third-order valence-corrected chi connectivity index (χ3v) is 2.16. The zero-order valence-corrected chi connectivity index (χ0v) is 5.59. The summed E-state index contributed by atoms with van der Waals surface area (Å²) in [5.41, 5.74) is -0.444. The predicted octanol–water partition coefficient (Wildman–Crippen LogP) is 1.06. The Hall–Kier alpha value is -0.550. The van der Waals surface area contributed by atoms with E-state index in [0.29, 0.717) is 0 Å². The molecule has 0 amide bonds. The number of aliphatic hydroxyl groups is 1. The van der Waals surface area contributed by atoms with Gasteiger partial charge in [0, 0.05) is 0 Å². The van der Waals surface area contributed by atoms with Crippen LogP contribution in [0.1, 0.15) is 26.2 Å². The van der Waals surface area contributed by atoms with Crippen molar-refractivity contribution >= 4 is 0 Å². The first-order valence-electron chi connectivity index (χ1n) is 3.28. The van der Waals surface area contributed by atoms with Crippen molar-refractivity contribution in [1.82, 2.24) is 0 Å². The van der Waals surface area contributed by atoms with Gasteiger partial charge in [-0.05, 0) is 26.2 Å². The highest BCUT2D eigenvalue weighted by Crippen LogP contribution is 2.36. The van der Waals surface area contributed by atoms with Gasteiger partial charge < -0.3 is 5.11 Å². The van der Waals surface area contributed by atoms with Gasteiger partial charge in [0.05, 0.1) is 17.6 Å². The molecule has 1 aliphatic rings. The van der Waals surface area contributed by atoms with E-state index in [1.165, 1.54) is 0 Å². The van der Waals surface area contributed by atoms with E-state index in [1.54, 1.807) is 0 Å². The van der Waals surface area contributed by atoms with E-state index in [9.17, 15) is 5.11 Å². The first kappa shape index (κ1) is 6.57. The lowest BCUT2D eigenvalue weighted by Crippen LogP contribution is -2.23. The van der Waals surface area contributed by atoms with Crippen LogP contribution in [-0.4, -0.2) is 11.2 Å². The van der Waals surface area contributed by atoms with Gasteiger partial charge in [-0.3, -0.25) is 0 Å². The summed E-state index contributed by atoms with van der Waals surface area (Å²) in [7, 11) is 0. The quantitative estimate of drug-likeness (QED) is 0.526. The molecule has 0 spiro atoms. The van der Waals surface area contributed by atoms with Crippen molar-refractivity contribution in [2.45, 2.75) is 32.3 Å². The average Bonchev–Trinajstić information content (AvgIpc) is 2.15. The van der Waals surface area contributed by atoms with E-state index in [-0.39, 0.29) is 6.10 Å². The van der Waals surface area contributed by atoms with Crippen LogP contribution in [0.2, 0.25) is 0 Å². The lowest BCUT2D eigenvalue weighted by Gasteiger charge is -2.17. The maximum Gasteiger partial charge on any atom is 0.0804 e. The van der Waals surface area contributed by atoms with Crippen molar-refractivity contribution in [2.75, 3.05) is 0 Å². The first-order chi connectivity index (χ1) is 4.19. The SMILES string of the molecule is C[C@@]1(C#N)CCC[C@H]1O. The second kappa shape index (κ2) is 2.00. The van der Waals surface area contributed by atoms with Gasteiger partial charge in [0.25, 0.3) is 0 Å². The normalized spacial score (nSPS) is 42.6. The molecule has 0 saturated heterocycles. The standard InChI is InChI=1S/C7H11NO/c1-7(5-8)4-2-3-6(7)9/h6,9H,2-4H2,1H3/t6-,7+/m1/s1. The van der Waals surface area contributed by atoms with Crippen LogP contribution in [0.15, 0.2) is 0 Å². The Morgan fingerprint density at radius 3 is 2.67 bits per heavy atom. The van der Waals surface area contributed by atoms with E-state index in [4.69, 9.17) is 5.26 Å². The molecule has 0 aromatic carbocycles. The van der Waals surface area contributed by atoms with Crippen molar-refractivity contribution < 1.29 is 5.11 Å². The molecule has 0 bridgehead atoms. The number of aliphatic hydroxyl groups excluding tert-OH is 1. The summed E-state index contributed by atoms with van der Waals surface area (Å²) in [5, 5.41) is 17.8. The fraction of sp³-hybridized carbons (Fsp3) is 0.857. The molecule has 1 aliphatic carbocycles. The molecule has 0 aromatic rings. The van der Waals surface area contributed by atoms with Crippen molar-refractivity contribution in [3.63, 3.8) is 0 Å². The predicted molar refractivity (Wildman–Crippen MR) is 33.6 cm³/mol. The van der Waals surface area contributed by atoms with E-state index < -0.39 is 5.41 Å². The van der Waals surface area contributed by atoms with Gasteiger partial charge >= 0.3 is 0 Å². The molecule has 1 fully saturated rings. The highest BCUT2D eigenvalue weighted by Gasteiger charge is 2.37. The monoisotopic (exact) mass is 125 g/mol. The molecule has 0 aromatic heterocycles. The van der Waals surface area contributed by atoms with Gasteiger partial charge in [0.1, 0.15) is 0 Å². The number of rotatable bonds is 0. The topological polar surface area (TPSA) is 44.0 Å². The Labute approximate surface area is 55.1 Å². The molecule has 2 atom stereocenters. The van der Waals surface area contributed by atoms with E-state index in [2.05, 4.69) is 6.07 Å². The summed E-state index contributed by atoms with van der Waals surface area (Å²) in [6.07, 6.45) is 2.25. The molecule has 0 heterocycles. The van der Waals surface area contributed by atoms with E-state index in [0.717, 1.165) is 19.3 Å². The Morgan fingerprint density at radius 1 is 1.78 bits per heavy atom. The van der Waals surface area contributed by atoms with Crippen LogP contribution in [0.25, 0.3) is 0 Å². The molecule has 0 unspecified atom stereocenters. The van der Waals surface area contributed by atoms with Crippen LogP contribution in [-0.2, 0) is 0 Å². The highest BCUT2D eigenvalue weighted by molar-refractivity contribution is 5.03. The van der Waals surface area contributed by atoms with E-state index >= 15 is 0 Å². The average molecular weight is 125 g/mol. The van der Waals surface area contributed by atoms with Crippen LogP contribution < -0.4 is 0 Å². The van der Waals surface area contributed by atoms with Crippen LogP contribution >= 0.6 is 0 Å². The first-order valence-corrected chi connectivity index (χ1v) is 3.28. The van der Waals surface area contributed by atoms with Crippen molar-refractivity contribution in [3.05, 3.63) is 0 Å². The Kier molecular flexibility index (Phi) is 1.46. The van der Waals surface area contributed by atoms with Gasteiger partial charge in [-0.25, -0.2) is 0 Å². The third kappa shape index (κ3) is 0.927. The number of hydrogen-bond donors (Lipinski definition) is 1. The smallest absolute Gasteiger partial charge is 0.0804 e. The fourth-order valence-corrected chi connectivity index (χ4v) is 1.28. The Balaban J connectivity index is 2.70. The highest BCUT2D eigenvalue weighted by atomic mass is 16.3. The second-order valence-corrected chi connectivity index (χ2v) is 2.94. The number of nitriles is 1. The van der Waals surface area contributed by atoms with Crippen LogP contribution in [0.3, 0.4) is 0 Å². The zero-order valence-electron chi connectivity index (χ0n) is 5.59. The van der Waals surface area contributed by atoms with Crippen molar-refractivity contribution in [1.29, 1.82) is 5.26 Å². The van der Waals surface area contributed by atoms with Gasteiger partial charge in [0.15, 0.2) is 0 Å². The Bertz CT molecular complexity index is 149. The summed E-state index contributed by atoms with van der Waals surface area (Å²) < 4.78 is 0. The molecule has 2 nitrogen and oxygen atoms in total. The van der Waals surface area contributed by atoms with Gasteiger partial charge in [-0.2, -0.15) is 5.26 Å². The summed E-state index contributed by atoms with van der Waals surface area (Å²) in [4.78, 5) is 0. The molecule has 2 heteroatoms. The summed E-state index contributed by atoms with van der Waals surface area (Å²) in [6.45, 7) is 1.82. The van der Waals surface area contributed by atoms with E-state index in [1.807, 2.05) is 6.92 Å².